The molecule has 6 atom stereocenters. The number of unbranched alkanes of at least 4 members (excludes halogenated alkanes) is 1. The number of amides is 4. The van der Waals surface area contributed by atoms with Crippen LogP contribution >= 0.6 is 0 Å². The van der Waals surface area contributed by atoms with Gasteiger partial charge in [0.05, 0.1) is 62.7 Å². The molecule has 1 saturated carbocycles. The summed E-state index contributed by atoms with van der Waals surface area (Å²) in [6.07, 6.45) is 3.38. The van der Waals surface area contributed by atoms with Crippen molar-refractivity contribution in [1.29, 1.82) is 0 Å². The number of carbonyl (C=O) groups excluding carboxylic acids is 8. The van der Waals surface area contributed by atoms with Crippen molar-refractivity contribution >= 4 is 58.7 Å². The first kappa shape index (κ1) is 58.6. The Hall–Kier alpha value is -5.53. The van der Waals surface area contributed by atoms with E-state index >= 15 is 0 Å². The highest BCUT2D eigenvalue weighted by molar-refractivity contribution is 5.95. The molecular weight excluding hydrogens is 897 g/mol. The van der Waals surface area contributed by atoms with Crippen molar-refractivity contribution in [2.45, 2.75) is 121 Å². The highest BCUT2D eigenvalue weighted by atomic mass is 16.5. The third-order valence-corrected chi connectivity index (χ3v) is 11.6. The van der Waals surface area contributed by atoms with Gasteiger partial charge in [0.1, 0.15) is 19.3 Å². The van der Waals surface area contributed by atoms with Gasteiger partial charge in [-0.3, -0.25) is 53.3 Å². The third-order valence-electron chi connectivity index (χ3n) is 11.6. The Morgan fingerprint density at radius 1 is 0.838 bits per heavy atom. The van der Waals surface area contributed by atoms with Crippen LogP contribution in [0.4, 0.5) is 0 Å². The van der Waals surface area contributed by atoms with Crippen LogP contribution in [0.3, 0.4) is 0 Å². The van der Waals surface area contributed by atoms with Gasteiger partial charge in [-0.15, -0.1) is 0 Å². The van der Waals surface area contributed by atoms with Crippen molar-refractivity contribution in [2.75, 3.05) is 59.8 Å². The summed E-state index contributed by atoms with van der Waals surface area (Å²) in [6, 6.07) is -3.27. The van der Waals surface area contributed by atoms with Gasteiger partial charge in [-0.05, 0) is 51.9 Å². The molecular formula is C44H70N8O16. The van der Waals surface area contributed by atoms with Gasteiger partial charge in [-0.2, -0.15) is 0 Å². The Balaban J connectivity index is 1.73. The van der Waals surface area contributed by atoms with Crippen LogP contribution in [-0.2, 0) is 68.6 Å². The molecule has 0 aliphatic heterocycles. The third kappa shape index (κ3) is 22.5. The summed E-state index contributed by atoms with van der Waals surface area (Å²) in [5, 5.41) is 39.6. The van der Waals surface area contributed by atoms with Crippen LogP contribution in [0.2, 0.25) is 0 Å². The molecule has 1 aliphatic rings. The minimum Gasteiger partial charge on any atom is -0.481 e. The van der Waals surface area contributed by atoms with Crippen LogP contribution in [0.1, 0.15) is 96.1 Å². The second kappa shape index (κ2) is 31.5. The number of aromatic nitrogens is 2. The number of ketones is 4. The lowest BCUT2D eigenvalue weighted by Crippen LogP contribution is -2.56. The number of aromatic amines is 1. The van der Waals surface area contributed by atoms with Gasteiger partial charge in [0.15, 0.2) is 23.1 Å². The number of H-pyrrole nitrogens is 1. The highest BCUT2D eigenvalue weighted by Gasteiger charge is 2.46. The Bertz CT molecular complexity index is 1820. The number of nitrogens with one attached hydrogen (secondary N) is 5. The zero-order valence-corrected chi connectivity index (χ0v) is 38.9. The Labute approximate surface area is 394 Å². The van der Waals surface area contributed by atoms with Crippen molar-refractivity contribution in [3.8, 4) is 0 Å². The van der Waals surface area contributed by atoms with Gasteiger partial charge in [-0.1, -0.05) is 6.42 Å². The number of imidazole rings is 1. The maximum absolute atomic E-state index is 13.6. The van der Waals surface area contributed by atoms with Crippen LogP contribution in [0.15, 0.2) is 12.5 Å². The van der Waals surface area contributed by atoms with Gasteiger partial charge in [0, 0.05) is 76.0 Å². The van der Waals surface area contributed by atoms with Crippen LogP contribution in [0, 0.1) is 17.3 Å². The van der Waals surface area contributed by atoms with Crippen molar-refractivity contribution in [2.24, 2.45) is 28.7 Å². The second-order valence-corrected chi connectivity index (χ2v) is 17.1. The molecule has 0 saturated heterocycles. The quantitative estimate of drug-likeness (QED) is 0.0326. The summed E-state index contributed by atoms with van der Waals surface area (Å²) in [7, 11) is 1.32. The monoisotopic (exact) mass is 966 g/mol. The average molecular weight is 967 g/mol. The maximum Gasteiger partial charge on any atom is 0.306 e. The Morgan fingerprint density at radius 3 is 1.97 bits per heavy atom. The van der Waals surface area contributed by atoms with Gasteiger partial charge in [-0.25, -0.2) is 4.98 Å². The number of nitrogens with two attached hydrogens (primary N) is 2. The number of nitrogens with zero attached hydrogens (tertiary/aromatic N) is 1. The number of carbonyl (C=O) groups is 10. The molecule has 1 fully saturated rings. The van der Waals surface area contributed by atoms with Crippen molar-refractivity contribution < 1.29 is 77.5 Å². The number of aliphatic hydroxyl groups excluding tert-OH is 1. The van der Waals surface area contributed by atoms with E-state index in [-0.39, 0.29) is 128 Å². The van der Waals surface area contributed by atoms with E-state index in [0.29, 0.717) is 31.4 Å². The van der Waals surface area contributed by atoms with Crippen molar-refractivity contribution in [3.63, 3.8) is 0 Å². The van der Waals surface area contributed by atoms with E-state index in [1.54, 1.807) is 6.20 Å². The summed E-state index contributed by atoms with van der Waals surface area (Å²) in [6.45, 7) is 0.844. The first-order chi connectivity index (χ1) is 32.3. The number of hydrogen-bond acceptors (Lipinski definition) is 17. The molecule has 24 heteroatoms. The minimum absolute atomic E-state index is 0.00224. The van der Waals surface area contributed by atoms with Crippen LogP contribution in [0.5, 0.6) is 0 Å². The molecule has 4 amide bonds. The van der Waals surface area contributed by atoms with Crippen LogP contribution < -0.4 is 32.7 Å². The molecule has 24 nitrogen and oxygen atoms in total. The van der Waals surface area contributed by atoms with Gasteiger partial charge in [0.25, 0.3) is 0 Å². The van der Waals surface area contributed by atoms with Gasteiger partial charge >= 0.3 is 11.9 Å². The fourth-order valence-corrected chi connectivity index (χ4v) is 7.39. The number of ether oxygens (including phenoxy) is 3. The average Bonchev–Trinajstić information content (AvgIpc) is 3.78. The van der Waals surface area contributed by atoms with Gasteiger partial charge < -0.3 is 61.9 Å². The zero-order chi connectivity index (χ0) is 50.6. The van der Waals surface area contributed by atoms with Gasteiger partial charge in [0.2, 0.25) is 23.6 Å². The largest absolute Gasteiger partial charge is 0.481 e. The zero-order valence-electron chi connectivity index (χ0n) is 38.9. The molecule has 1 aromatic rings. The number of hydrogen-bond donors (Lipinski definition) is 10. The summed E-state index contributed by atoms with van der Waals surface area (Å²) in [4.78, 5) is 131. The summed E-state index contributed by atoms with van der Waals surface area (Å²) in [5.74, 6) is -8.56. The smallest absolute Gasteiger partial charge is 0.306 e. The van der Waals surface area contributed by atoms with E-state index in [9.17, 15) is 63.3 Å². The minimum atomic E-state index is -1.40. The topological polar surface area (TPSA) is 388 Å². The summed E-state index contributed by atoms with van der Waals surface area (Å²) < 4.78 is 15.3. The normalized spacial score (nSPS) is 15.6. The predicted octanol–water partition coefficient (Wildman–Crippen LogP) is -1.75. The van der Waals surface area contributed by atoms with E-state index in [4.69, 9.17) is 25.7 Å². The van der Waals surface area contributed by atoms with Crippen molar-refractivity contribution in [1.82, 2.24) is 31.2 Å². The molecule has 1 aliphatic carbocycles. The predicted molar refractivity (Wildman–Crippen MR) is 239 cm³/mol. The molecule has 0 aromatic carbocycles. The van der Waals surface area contributed by atoms with Crippen LogP contribution in [0.25, 0.3) is 0 Å². The molecule has 382 valence electrons. The van der Waals surface area contributed by atoms with Crippen LogP contribution in [-0.4, -0.2) is 168 Å². The SMILES string of the molecule is COCC(=O)C[C@@H](CCC(=O)NCCOCCOCC(=O)C[C@@H](CCC(=O)NCCCC[C@H](NCC(=O)C1(CC(=O)[C@@H](N)Cc2cnc[nH]2)CCC1)C(=O)N[C@H](C(N)=O)[C@@H](C)O)C(=O)O)C(=O)O. The Morgan fingerprint density at radius 2 is 1.44 bits per heavy atom. The molecule has 0 bridgehead atoms. The lowest BCUT2D eigenvalue weighted by molar-refractivity contribution is -0.145. The Kier molecular flexibility index (Phi) is 27.1. The number of primary amides is 1. The second-order valence-electron chi connectivity index (χ2n) is 17.1. The van der Waals surface area contributed by atoms with E-state index in [1.807, 2.05) is 0 Å². The lowest BCUT2D eigenvalue weighted by atomic mass is 9.62. The number of carboxylic acids is 2. The number of Topliss-reactive ketones (excluding diaryl/α,β-unsaturated/α-hetero) is 4. The molecule has 0 spiro atoms. The number of rotatable bonds is 40. The molecule has 2 rings (SSSR count). The van der Waals surface area contributed by atoms with E-state index in [0.717, 1.165) is 6.42 Å². The number of carboxylic acid groups (broad SMARTS) is 2. The van der Waals surface area contributed by atoms with E-state index < -0.39 is 82.8 Å². The molecule has 68 heavy (non-hydrogen) atoms. The first-order valence-electron chi connectivity index (χ1n) is 22.7. The molecule has 0 unspecified atom stereocenters. The van der Waals surface area contributed by atoms with Crippen molar-refractivity contribution in [3.05, 3.63) is 18.2 Å². The summed E-state index contributed by atoms with van der Waals surface area (Å²) in [5.41, 5.74) is 11.3. The molecule has 1 aromatic heterocycles. The fourth-order valence-electron chi connectivity index (χ4n) is 7.39. The van der Waals surface area contributed by atoms with E-state index in [1.165, 1.54) is 20.4 Å². The maximum atomic E-state index is 13.6. The number of aliphatic carboxylic acids is 2. The summed E-state index contributed by atoms with van der Waals surface area (Å²) >= 11 is 0. The lowest BCUT2D eigenvalue weighted by Gasteiger charge is -2.40. The number of methoxy groups -OCH3 is 1. The molecule has 1 heterocycles. The first-order valence-corrected chi connectivity index (χ1v) is 22.7. The number of aliphatic hydroxyl groups is 1. The highest BCUT2D eigenvalue weighted by Crippen LogP contribution is 2.45. The fraction of sp³-hybridized carbons (Fsp3) is 0.705. The standard InChI is InChI=1S/C44H70N8O16/c1-27(53)39(40(46)60)52-41(61)34(50-23-36(57)44(11-5-12-44)21-35(56)33(45)20-30-22-47-26-51-30)6-3-4-13-48-37(58)9-7-29(43(64)65)19-32(55)25-68-17-16-67-15-14-49-38(59)10-8-28(42(62)63)18-31(54)24-66-2/h22,26-29,33-34,39,50,53H,3-21,23-25,45H2,1-2H3,(H2,46,60)(H,47,51)(H,48,58)(H,49,59)(H,52,61)(H,62,63)(H,64,65)/t27-,28-,29-,33+,34+,39+/m1/s1. The van der Waals surface area contributed by atoms with E-state index in [2.05, 4.69) is 31.2 Å². The molecule has 12 N–H and O–H groups in total. The molecule has 0 radical (unpaired) electrons.